The second-order valence-electron chi connectivity index (χ2n) is 5.21. The molecule has 0 aromatic carbocycles. The first-order valence-electron chi connectivity index (χ1n) is 7.05. The molecule has 2 N–H and O–H groups in total. The van der Waals surface area contributed by atoms with Crippen LogP contribution in [0.5, 0.6) is 0 Å². The van der Waals surface area contributed by atoms with Crippen LogP contribution in [0, 0.1) is 0 Å². The zero-order valence-electron chi connectivity index (χ0n) is 16.8. The second kappa shape index (κ2) is 26.0. The lowest BCUT2D eigenvalue weighted by atomic mass is 10.4. The van der Waals surface area contributed by atoms with E-state index in [4.69, 9.17) is 15.0 Å². The van der Waals surface area contributed by atoms with Crippen molar-refractivity contribution >= 4 is 17.9 Å². The van der Waals surface area contributed by atoms with Crippen LogP contribution in [0.15, 0.2) is 12.2 Å². The Morgan fingerprint density at radius 2 is 1.04 bits per heavy atom. The summed E-state index contributed by atoms with van der Waals surface area (Å²) in [5.41, 5.74) is 0.176. The summed E-state index contributed by atoms with van der Waals surface area (Å²) in [6, 6.07) is 0. The number of nitrogens with zero attached hydrogens (tertiary/aromatic N) is 2. The molecule has 0 aromatic rings. The van der Waals surface area contributed by atoms with Gasteiger partial charge in [-0.2, -0.15) is 0 Å². The highest BCUT2D eigenvalue weighted by Gasteiger charge is 1.90. The first-order chi connectivity index (χ1) is 10.6. The Hall–Kier alpha value is -1.93. The third-order valence-corrected chi connectivity index (χ3v) is 0.713. The highest BCUT2D eigenvalue weighted by Crippen LogP contribution is 1.81. The average molecular weight is 352 g/mol. The summed E-state index contributed by atoms with van der Waals surface area (Å²) in [5.74, 6) is -1.98. The predicted octanol–water partition coefficient (Wildman–Crippen LogP) is 1.66. The zero-order valence-corrected chi connectivity index (χ0v) is 16.8. The van der Waals surface area contributed by atoms with E-state index in [1.165, 1.54) is 13.8 Å². The van der Waals surface area contributed by atoms with Crippen molar-refractivity contribution in [2.24, 2.45) is 0 Å². The molecule has 0 atom stereocenters. The van der Waals surface area contributed by atoms with E-state index in [1.807, 2.05) is 52.1 Å². The topological polar surface area (TPSA) is 107 Å². The number of carbonyl (C=O) groups excluding carboxylic acids is 1. The lowest BCUT2D eigenvalue weighted by Gasteiger charge is -1.90. The van der Waals surface area contributed by atoms with Crippen molar-refractivity contribution in [1.29, 1.82) is 0 Å². The molecule has 0 amide bonds. The van der Waals surface area contributed by atoms with Gasteiger partial charge in [0.05, 0.1) is 6.61 Å². The first-order valence-corrected chi connectivity index (χ1v) is 7.05. The van der Waals surface area contributed by atoms with Crippen LogP contribution in [0.3, 0.4) is 0 Å². The maximum Gasteiger partial charge on any atom is 0.330 e. The molecule has 24 heavy (non-hydrogen) atoms. The Morgan fingerprint density at radius 3 is 1.04 bits per heavy atom. The number of hydrogen-bond acceptors (Lipinski definition) is 6. The van der Waals surface area contributed by atoms with Crippen LogP contribution < -0.4 is 0 Å². The molecule has 0 unspecified atom stereocenters. The van der Waals surface area contributed by atoms with Gasteiger partial charge in [-0.1, -0.05) is 6.58 Å². The van der Waals surface area contributed by atoms with Gasteiger partial charge in [-0.3, -0.25) is 9.59 Å². The fraction of sp³-hybridized carbons (Fsp3) is 0.688. The summed E-state index contributed by atoms with van der Waals surface area (Å²) in [5, 5.41) is 15.3. The first kappa shape index (κ1) is 33.6. The number of ether oxygens (including phenoxy) is 1. The lowest BCUT2D eigenvalue weighted by Crippen LogP contribution is -1.99. The minimum absolute atomic E-state index is 0.176. The van der Waals surface area contributed by atoms with E-state index in [-0.39, 0.29) is 11.5 Å². The van der Waals surface area contributed by atoms with Gasteiger partial charge in [-0.25, -0.2) is 4.79 Å². The Balaban J connectivity index is -0.0000000637. The molecule has 0 saturated carbocycles. The Labute approximate surface area is 146 Å². The summed E-state index contributed by atoms with van der Waals surface area (Å²) in [6.45, 7) is 9.34. The van der Waals surface area contributed by atoms with E-state index in [0.29, 0.717) is 6.61 Å². The molecule has 0 aliphatic rings. The third-order valence-electron chi connectivity index (χ3n) is 0.713. The SMILES string of the molecule is C=C(C)C(=O)O.CC(=O)O.CCOC(C)=O.CN(C)C.CN(C)C. The molecule has 0 spiro atoms. The number of aliphatic carboxylic acids is 2. The van der Waals surface area contributed by atoms with E-state index in [1.54, 1.807) is 6.92 Å². The number of carbonyl (C=O) groups is 3. The number of carboxylic acids is 2. The van der Waals surface area contributed by atoms with Gasteiger partial charge in [0.25, 0.3) is 5.97 Å². The number of hydrogen-bond donors (Lipinski definition) is 2. The van der Waals surface area contributed by atoms with Crippen LogP contribution in [0.4, 0.5) is 0 Å². The summed E-state index contributed by atoms with van der Waals surface area (Å²) in [6.07, 6.45) is 0. The Morgan fingerprint density at radius 1 is 0.875 bits per heavy atom. The van der Waals surface area contributed by atoms with Crippen LogP contribution in [0.2, 0.25) is 0 Å². The standard InChI is InChI=1S/C4H8O2.C4H6O2.2C3H9N.C2H4O2/c1-3-6-4(2)5;1-3(2)4(5)6;2*1-4(2)3;1-2(3)4/h3H2,1-2H3;1H2,2H3,(H,5,6);2*1-3H3;1H3,(H,3,4). The van der Waals surface area contributed by atoms with Gasteiger partial charge >= 0.3 is 11.9 Å². The van der Waals surface area contributed by atoms with Crippen molar-refractivity contribution in [3.63, 3.8) is 0 Å². The fourth-order valence-electron chi connectivity index (χ4n) is 0.203. The molecule has 0 aromatic heterocycles. The number of rotatable bonds is 2. The summed E-state index contributed by atoms with van der Waals surface area (Å²) >= 11 is 0. The minimum Gasteiger partial charge on any atom is -0.481 e. The third kappa shape index (κ3) is 284. The Kier molecular flexibility index (Phi) is 36.4. The van der Waals surface area contributed by atoms with Crippen molar-refractivity contribution in [2.45, 2.75) is 27.7 Å². The van der Waals surface area contributed by atoms with Gasteiger partial charge < -0.3 is 24.7 Å². The smallest absolute Gasteiger partial charge is 0.330 e. The van der Waals surface area contributed by atoms with Crippen LogP contribution in [-0.2, 0) is 19.1 Å². The molecule has 0 radical (unpaired) electrons. The molecule has 8 nitrogen and oxygen atoms in total. The lowest BCUT2D eigenvalue weighted by molar-refractivity contribution is -0.140. The van der Waals surface area contributed by atoms with E-state index in [2.05, 4.69) is 11.3 Å². The highest BCUT2D eigenvalue weighted by molar-refractivity contribution is 5.84. The number of carboxylic acid groups (broad SMARTS) is 2. The summed E-state index contributed by atoms with van der Waals surface area (Å²) < 4.78 is 4.40. The van der Waals surface area contributed by atoms with Gasteiger partial charge in [0.15, 0.2) is 0 Å². The van der Waals surface area contributed by atoms with Crippen molar-refractivity contribution < 1.29 is 29.3 Å². The van der Waals surface area contributed by atoms with Crippen LogP contribution in [0.1, 0.15) is 27.7 Å². The highest BCUT2D eigenvalue weighted by atomic mass is 16.5. The van der Waals surface area contributed by atoms with Gasteiger partial charge in [-0.05, 0) is 56.1 Å². The van der Waals surface area contributed by atoms with Crippen LogP contribution in [0.25, 0.3) is 0 Å². The van der Waals surface area contributed by atoms with Crippen LogP contribution >= 0.6 is 0 Å². The minimum atomic E-state index is -0.935. The molecule has 8 heteroatoms. The normalized spacial score (nSPS) is 7.83. The van der Waals surface area contributed by atoms with Gasteiger partial charge in [-0.15, -0.1) is 0 Å². The van der Waals surface area contributed by atoms with Crippen molar-refractivity contribution in [1.82, 2.24) is 9.80 Å². The molecular weight excluding hydrogens is 316 g/mol. The fourth-order valence-corrected chi connectivity index (χ4v) is 0.203. The van der Waals surface area contributed by atoms with E-state index in [9.17, 15) is 9.59 Å². The molecule has 0 fully saturated rings. The van der Waals surface area contributed by atoms with Crippen molar-refractivity contribution in [3.05, 3.63) is 12.2 Å². The van der Waals surface area contributed by atoms with E-state index < -0.39 is 11.9 Å². The zero-order chi connectivity index (χ0) is 20.9. The largest absolute Gasteiger partial charge is 0.481 e. The molecule has 0 rings (SSSR count). The van der Waals surface area contributed by atoms with E-state index in [0.717, 1.165) is 6.92 Å². The van der Waals surface area contributed by atoms with Gasteiger partial charge in [0.2, 0.25) is 0 Å². The average Bonchev–Trinajstić information content (AvgIpc) is 2.26. The molecule has 0 aliphatic carbocycles. The maximum atomic E-state index is 9.82. The second-order valence-corrected chi connectivity index (χ2v) is 5.21. The van der Waals surface area contributed by atoms with Gasteiger partial charge in [0.1, 0.15) is 0 Å². The molecule has 0 saturated heterocycles. The van der Waals surface area contributed by atoms with Crippen molar-refractivity contribution in [2.75, 3.05) is 48.9 Å². The molecule has 0 heterocycles. The van der Waals surface area contributed by atoms with E-state index >= 15 is 0 Å². The summed E-state index contributed by atoms with van der Waals surface area (Å²) in [7, 11) is 12.0. The molecule has 146 valence electrons. The maximum absolute atomic E-state index is 9.82. The number of esters is 1. The quantitative estimate of drug-likeness (QED) is 0.571. The molecule has 0 aliphatic heterocycles. The van der Waals surface area contributed by atoms with Crippen LogP contribution in [-0.4, -0.2) is 86.8 Å². The van der Waals surface area contributed by atoms with Crippen molar-refractivity contribution in [3.8, 4) is 0 Å². The predicted molar refractivity (Wildman–Crippen MR) is 97.3 cm³/mol. The van der Waals surface area contributed by atoms with Gasteiger partial charge in [0, 0.05) is 19.4 Å². The Bertz CT molecular complexity index is 301. The molecular formula is C16H36N2O6. The summed E-state index contributed by atoms with van der Waals surface area (Å²) in [4.78, 5) is 32.4. The molecule has 0 bridgehead atoms. The monoisotopic (exact) mass is 352 g/mol.